The highest BCUT2D eigenvalue weighted by Gasteiger charge is 2.28. The van der Waals surface area contributed by atoms with E-state index in [2.05, 4.69) is 16.9 Å². The summed E-state index contributed by atoms with van der Waals surface area (Å²) in [5.41, 5.74) is 5.27. The van der Waals surface area contributed by atoms with Crippen LogP contribution in [0.4, 0.5) is 0 Å². The van der Waals surface area contributed by atoms with Gasteiger partial charge in [-0.25, -0.2) is 13.1 Å². The van der Waals surface area contributed by atoms with E-state index in [4.69, 9.17) is 5.73 Å². The Hall–Kier alpha value is -0.200. The molecule has 1 aliphatic carbocycles. The summed E-state index contributed by atoms with van der Waals surface area (Å²) < 4.78 is 25.6. The van der Waals surface area contributed by atoms with Crippen LogP contribution in [0.25, 0.3) is 0 Å². The Morgan fingerprint density at radius 3 is 2.46 bits per heavy atom. The third kappa shape index (κ3) is 2.62. The lowest BCUT2D eigenvalue weighted by atomic mass is 9.94. The first-order valence-electron chi connectivity index (χ1n) is 4.24. The fraction of sp³-hybridized carbons (Fsp3) is 0.857. The summed E-state index contributed by atoms with van der Waals surface area (Å²) in [5.74, 6) is 0. The summed E-state index contributed by atoms with van der Waals surface area (Å²) in [6.07, 6.45) is 2.93. The summed E-state index contributed by atoms with van der Waals surface area (Å²) in [6, 6.07) is 0.0989. The molecule has 0 aromatic rings. The molecule has 0 spiro atoms. The van der Waals surface area contributed by atoms with Gasteiger partial charge in [0.1, 0.15) is 5.25 Å². The van der Waals surface area contributed by atoms with Crippen LogP contribution >= 0.6 is 12.2 Å². The zero-order valence-electron chi connectivity index (χ0n) is 7.49. The number of hydrogen-bond donors (Lipinski definition) is 2. The first-order chi connectivity index (χ1) is 5.93. The molecule has 1 unspecified atom stereocenters. The number of hydrogen-bond acceptors (Lipinski definition) is 3. The van der Waals surface area contributed by atoms with Crippen LogP contribution in [0.2, 0.25) is 0 Å². The highest BCUT2D eigenvalue weighted by Crippen LogP contribution is 2.19. The highest BCUT2D eigenvalue weighted by atomic mass is 32.2. The van der Waals surface area contributed by atoms with Gasteiger partial charge in [-0.15, -0.1) is 0 Å². The van der Waals surface area contributed by atoms with Crippen molar-refractivity contribution in [2.24, 2.45) is 5.73 Å². The fourth-order valence-electron chi connectivity index (χ4n) is 1.01. The maximum absolute atomic E-state index is 11.5. The van der Waals surface area contributed by atoms with Crippen LogP contribution in [0.3, 0.4) is 0 Å². The Bertz CT molecular complexity index is 296. The lowest BCUT2D eigenvalue weighted by Gasteiger charge is -2.27. The summed E-state index contributed by atoms with van der Waals surface area (Å²) >= 11 is 4.63. The van der Waals surface area contributed by atoms with Gasteiger partial charge < -0.3 is 5.73 Å². The molecular weight excluding hydrogens is 208 g/mol. The largest absolute Gasteiger partial charge is 0.392 e. The number of sulfonamides is 1. The molecule has 1 rings (SSSR count). The second kappa shape index (κ2) is 3.89. The van der Waals surface area contributed by atoms with Crippen molar-refractivity contribution < 1.29 is 8.42 Å². The second-order valence-electron chi connectivity index (χ2n) is 3.34. The van der Waals surface area contributed by atoms with Crippen molar-refractivity contribution in [3.05, 3.63) is 0 Å². The van der Waals surface area contributed by atoms with Crippen molar-refractivity contribution in [2.45, 2.75) is 37.5 Å². The molecule has 1 fully saturated rings. The first kappa shape index (κ1) is 10.9. The SMILES string of the molecule is CC(C(N)=S)S(=O)(=O)NC1CCC1. The third-order valence-electron chi connectivity index (χ3n) is 2.30. The lowest BCUT2D eigenvalue weighted by molar-refractivity contribution is 0.383. The molecular formula is C7H14N2O2S2. The lowest BCUT2D eigenvalue weighted by Crippen LogP contribution is -2.46. The minimum atomic E-state index is -3.34. The zero-order chi connectivity index (χ0) is 10.1. The van der Waals surface area contributed by atoms with Gasteiger partial charge >= 0.3 is 0 Å². The molecule has 0 amide bonds. The van der Waals surface area contributed by atoms with Crippen LogP contribution in [0, 0.1) is 0 Å². The van der Waals surface area contributed by atoms with Gasteiger partial charge in [-0.3, -0.25) is 0 Å². The van der Waals surface area contributed by atoms with Gasteiger partial charge in [0.2, 0.25) is 10.0 Å². The van der Waals surface area contributed by atoms with Gasteiger partial charge in [-0.1, -0.05) is 18.6 Å². The van der Waals surface area contributed by atoms with Gasteiger partial charge in [-0.2, -0.15) is 0 Å². The minimum Gasteiger partial charge on any atom is -0.392 e. The van der Waals surface area contributed by atoms with Crippen LogP contribution < -0.4 is 10.5 Å². The predicted octanol–water partition coefficient (Wildman–Crippen LogP) is 0.133. The van der Waals surface area contributed by atoms with E-state index < -0.39 is 15.3 Å². The molecule has 76 valence electrons. The molecule has 0 radical (unpaired) electrons. The van der Waals surface area contributed by atoms with E-state index in [0.717, 1.165) is 19.3 Å². The molecule has 1 aliphatic rings. The molecule has 6 heteroatoms. The summed E-state index contributed by atoms with van der Waals surface area (Å²) in [4.78, 5) is 0.0202. The molecule has 0 bridgehead atoms. The molecule has 4 nitrogen and oxygen atoms in total. The molecule has 13 heavy (non-hydrogen) atoms. The minimum absolute atomic E-state index is 0.0202. The topological polar surface area (TPSA) is 72.2 Å². The number of nitrogens with two attached hydrogens (primary N) is 1. The molecule has 1 atom stereocenters. The molecule has 0 aliphatic heterocycles. The van der Waals surface area contributed by atoms with Crippen LogP contribution in [-0.4, -0.2) is 24.7 Å². The van der Waals surface area contributed by atoms with E-state index in [1.165, 1.54) is 6.92 Å². The maximum atomic E-state index is 11.5. The summed E-state index contributed by atoms with van der Waals surface area (Å²) in [6.45, 7) is 1.50. The Morgan fingerprint density at radius 1 is 1.62 bits per heavy atom. The van der Waals surface area contributed by atoms with Gasteiger partial charge in [0.25, 0.3) is 0 Å². The average Bonchev–Trinajstić information content (AvgIpc) is 1.95. The Balaban J connectivity index is 2.59. The Morgan fingerprint density at radius 2 is 2.15 bits per heavy atom. The predicted molar refractivity (Wildman–Crippen MR) is 55.9 cm³/mol. The standard InChI is InChI=1S/C7H14N2O2S2/c1-5(7(8)12)13(10,11)9-6-3-2-4-6/h5-6,9H,2-4H2,1H3,(H2,8,12). The number of thiocarbonyl (C=S) groups is 1. The number of rotatable bonds is 4. The molecule has 0 heterocycles. The third-order valence-corrected chi connectivity index (χ3v) is 4.65. The van der Waals surface area contributed by atoms with Crippen LogP contribution in [0.5, 0.6) is 0 Å². The van der Waals surface area contributed by atoms with E-state index in [-0.39, 0.29) is 11.0 Å². The Kier molecular flexibility index (Phi) is 3.26. The smallest absolute Gasteiger partial charge is 0.220 e. The normalized spacial score (nSPS) is 20.7. The van der Waals surface area contributed by atoms with Crippen LogP contribution in [0.1, 0.15) is 26.2 Å². The van der Waals surface area contributed by atoms with Crippen LogP contribution in [0.15, 0.2) is 0 Å². The maximum Gasteiger partial charge on any atom is 0.220 e. The molecule has 3 N–H and O–H groups in total. The van der Waals surface area contributed by atoms with Crippen molar-refractivity contribution in [3.63, 3.8) is 0 Å². The molecule has 0 aromatic heterocycles. The highest BCUT2D eigenvalue weighted by molar-refractivity contribution is 7.93. The van der Waals surface area contributed by atoms with Crippen molar-refractivity contribution >= 4 is 27.2 Å². The quantitative estimate of drug-likeness (QED) is 0.663. The van der Waals surface area contributed by atoms with Crippen molar-refractivity contribution in [1.29, 1.82) is 0 Å². The van der Waals surface area contributed by atoms with Crippen LogP contribution in [-0.2, 0) is 10.0 Å². The molecule has 0 saturated heterocycles. The van der Waals surface area contributed by atoms with Gasteiger partial charge in [-0.05, 0) is 19.8 Å². The van der Waals surface area contributed by atoms with E-state index in [1.54, 1.807) is 0 Å². The second-order valence-corrected chi connectivity index (χ2v) is 5.84. The van der Waals surface area contributed by atoms with E-state index in [9.17, 15) is 8.42 Å². The van der Waals surface area contributed by atoms with Gasteiger partial charge in [0.15, 0.2) is 0 Å². The van der Waals surface area contributed by atoms with Gasteiger partial charge in [0, 0.05) is 6.04 Å². The summed E-state index contributed by atoms with van der Waals surface area (Å²) in [7, 11) is -3.34. The zero-order valence-corrected chi connectivity index (χ0v) is 9.12. The van der Waals surface area contributed by atoms with Crippen molar-refractivity contribution in [1.82, 2.24) is 4.72 Å². The number of nitrogens with one attached hydrogen (secondary N) is 1. The molecule has 0 aromatic carbocycles. The van der Waals surface area contributed by atoms with E-state index in [0.29, 0.717) is 0 Å². The first-order valence-corrected chi connectivity index (χ1v) is 6.19. The van der Waals surface area contributed by atoms with Crippen molar-refractivity contribution in [2.75, 3.05) is 0 Å². The monoisotopic (exact) mass is 222 g/mol. The molecule has 1 saturated carbocycles. The van der Waals surface area contributed by atoms with E-state index >= 15 is 0 Å². The Labute approximate surface area is 83.9 Å². The van der Waals surface area contributed by atoms with Gasteiger partial charge in [0.05, 0.1) is 4.99 Å². The van der Waals surface area contributed by atoms with E-state index in [1.807, 2.05) is 0 Å². The van der Waals surface area contributed by atoms with Crippen molar-refractivity contribution in [3.8, 4) is 0 Å². The average molecular weight is 222 g/mol. The fourth-order valence-corrected chi connectivity index (χ4v) is 2.60. The summed E-state index contributed by atoms with van der Waals surface area (Å²) in [5, 5.41) is -0.775.